The average Bonchev–Trinajstić information content (AvgIpc) is 2.89. The van der Waals surface area contributed by atoms with Crippen LogP contribution in [-0.2, 0) is 14.8 Å². The molecule has 0 aliphatic carbocycles. The minimum Gasteiger partial charge on any atom is -0.325 e. The van der Waals surface area contributed by atoms with E-state index in [-0.39, 0.29) is 22.8 Å². The summed E-state index contributed by atoms with van der Waals surface area (Å²) in [7, 11) is -3.66. The molecule has 2 atom stereocenters. The third-order valence-corrected chi connectivity index (χ3v) is 7.30. The number of fused-ring (bicyclic) bond motifs is 2. The summed E-state index contributed by atoms with van der Waals surface area (Å²) in [6, 6.07) is 12.5. The van der Waals surface area contributed by atoms with E-state index < -0.39 is 10.0 Å². The van der Waals surface area contributed by atoms with Gasteiger partial charge in [-0.3, -0.25) is 4.79 Å². The normalized spacial score (nSPS) is 22.2. The third kappa shape index (κ3) is 2.96. The van der Waals surface area contributed by atoms with Crippen molar-refractivity contribution in [3.63, 3.8) is 0 Å². The molecule has 25 heavy (non-hydrogen) atoms. The highest BCUT2D eigenvalue weighted by Gasteiger charge is 2.30. The van der Waals surface area contributed by atoms with E-state index >= 15 is 0 Å². The summed E-state index contributed by atoms with van der Waals surface area (Å²) < 4.78 is 28.6. The molecule has 0 aromatic heterocycles. The van der Waals surface area contributed by atoms with Crippen molar-refractivity contribution >= 4 is 33.4 Å². The molecule has 2 aliphatic heterocycles. The molecule has 2 aromatic rings. The molecule has 7 heteroatoms. The van der Waals surface area contributed by atoms with E-state index in [4.69, 9.17) is 0 Å². The fraction of sp³-hybridized carbons (Fsp3) is 0.278. The van der Waals surface area contributed by atoms with Gasteiger partial charge in [0.1, 0.15) is 0 Å². The molecule has 4 rings (SSSR count). The molecule has 1 amide bonds. The maximum atomic E-state index is 12.9. The Morgan fingerprint density at radius 1 is 1.16 bits per heavy atom. The summed E-state index contributed by atoms with van der Waals surface area (Å²) >= 11 is 1.75. The first-order valence-electron chi connectivity index (χ1n) is 8.14. The van der Waals surface area contributed by atoms with E-state index in [0.717, 1.165) is 28.2 Å². The Morgan fingerprint density at radius 3 is 2.80 bits per heavy atom. The molecule has 0 fully saturated rings. The van der Waals surface area contributed by atoms with E-state index in [0.29, 0.717) is 5.69 Å². The van der Waals surface area contributed by atoms with Crippen molar-refractivity contribution in [2.24, 2.45) is 0 Å². The first-order valence-corrected chi connectivity index (χ1v) is 10.6. The summed E-state index contributed by atoms with van der Waals surface area (Å²) in [5, 5.41) is 2.76. The first-order chi connectivity index (χ1) is 12.0. The molecule has 0 saturated heterocycles. The lowest BCUT2D eigenvalue weighted by atomic mass is 10.0. The largest absolute Gasteiger partial charge is 0.325 e. The predicted octanol–water partition coefficient (Wildman–Crippen LogP) is 3.26. The van der Waals surface area contributed by atoms with Crippen LogP contribution in [0.2, 0.25) is 0 Å². The van der Waals surface area contributed by atoms with Gasteiger partial charge in [-0.15, -0.1) is 11.8 Å². The van der Waals surface area contributed by atoms with Gasteiger partial charge in [0.25, 0.3) is 0 Å². The molecule has 2 N–H and O–H groups in total. The van der Waals surface area contributed by atoms with Crippen LogP contribution < -0.4 is 10.0 Å². The van der Waals surface area contributed by atoms with Crippen LogP contribution in [0.3, 0.4) is 0 Å². The van der Waals surface area contributed by atoms with Gasteiger partial charge in [-0.1, -0.05) is 18.2 Å². The van der Waals surface area contributed by atoms with Crippen molar-refractivity contribution in [2.45, 2.75) is 35.1 Å². The average molecular weight is 374 g/mol. The number of sulfonamides is 1. The number of anilines is 1. The number of hydrogen-bond donors (Lipinski definition) is 2. The lowest BCUT2D eigenvalue weighted by molar-refractivity contribution is -0.116. The van der Waals surface area contributed by atoms with Gasteiger partial charge in [0, 0.05) is 16.6 Å². The highest BCUT2D eigenvalue weighted by atomic mass is 32.2. The second-order valence-corrected chi connectivity index (χ2v) is 9.16. The van der Waals surface area contributed by atoms with E-state index in [1.54, 1.807) is 36.9 Å². The third-order valence-electron chi connectivity index (χ3n) is 4.71. The fourth-order valence-electron chi connectivity index (χ4n) is 3.28. The Balaban J connectivity index is 1.65. The van der Waals surface area contributed by atoms with Gasteiger partial charge >= 0.3 is 0 Å². The van der Waals surface area contributed by atoms with Crippen molar-refractivity contribution < 1.29 is 13.2 Å². The van der Waals surface area contributed by atoms with Crippen LogP contribution in [0.4, 0.5) is 5.69 Å². The summed E-state index contributed by atoms with van der Waals surface area (Å²) in [6.45, 7) is 1.78. The quantitative estimate of drug-likeness (QED) is 0.865. The number of nitrogens with one attached hydrogen (secondary N) is 2. The van der Waals surface area contributed by atoms with Gasteiger partial charge in [0.15, 0.2) is 0 Å². The van der Waals surface area contributed by atoms with Crippen molar-refractivity contribution in [1.29, 1.82) is 0 Å². The molecule has 0 unspecified atom stereocenters. The molecular formula is C18H18N2O3S2. The fourth-order valence-corrected chi connectivity index (χ4v) is 5.69. The number of rotatable bonds is 3. The van der Waals surface area contributed by atoms with Crippen LogP contribution in [0.15, 0.2) is 52.3 Å². The van der Waals surface area contributed by atoms with Gasteiger partial charge in [0.05, 0.1) is 10.8 Å². The Hall–Kier alpha value is -1.83. The molecule has 2 aliphatic rings. The minimum absolute atomic E-state index is 0.101. The predicted molar refractivity (Wildman–Crippen MR) is 98.3 cm³/mol. The maximum absolute atomic E-state index is 12.9. The van der Waals surface area contributed by atoms with Crippen LogP contribution in [0.1, 0.15) is 36.4 Å². The summed E-state index contributed by atoms with van der Waals surface area (Å²) in [5.74, 6) is 0.441. The lowest BCUT2D eigenvalue weighted by Gasteiger charge is -2.25. The van der Waals surface area contributed by atoms with Gasteiger partial charge in [-0.25, -0.2) is 13.1 Å². The van der Waals surface area contributed by atoms with E-state index in [1.807, 2.05) is 24.3 Å². The van der Waals surface area contributed by atoms with Crippen LogP contribution >= 0.6 is 11.8 Å². The Kier molecular flexibility index (Phi) is 4.10. The number of amides is 1. The zero-order valence-corrected chi connectivity index (χ0v) is 15.3. The van der Waals surface area contributed by atoms with Crippen molar-refractivity contribution in [2.75, 3.05) is 11.1 Å². The molecule has 2 heterocycles. The maximum Gasteiger partial charge on any atom is 0.241 e. The first kappa shape index (κ1) is 16.6. The van der Waals surface area contributed by atoms with Crippen LogP contribution in [0, 0.1) is 0 Å². The molecule has 0 bridgehead atoms. The molecule has 2 aromatic carbocycles. The number of hydrogen-bond acceptors (Lipinski definition) is 4. The van der Waals surface area contributed by atoms with Crippen LogP contribution in [0.5, 0.6) is 0 Å². The zero-order valence-electron chi connectivity index (χ0n) is 13.7. The highest BCUT2D eigenvalue weighted by Crippen LogP contribution is 2.37. The molecular weight excluding hydrogens is 356 g/mol. The van der Waals surface area contributed by atoms with Crippen molar-refractivity contribution in [1.82, 2.24) is 4.72 Å². The molecule has 5 nitrogen and oxygen atoms in total. The summed E-state index contributed by atoms with van der Waals surface area (Å²) in [5.41, 5.74) is 2.44. The van der Waals surface area contributed by atoms with Crippen LogP contribution in [-0.4, -0.2) is 20.1 Å². The van der Waals surface area contributed by atoms with Crippen molar-refractivity contribution in [3.05, 3.63) is 53.6 Å². The zero-order chi connectivity index (χ0) is 17.6. The smallest absolute Gasteiger partial charge is 0.241 e. The van der Waals surface area contributed by atoms with E-state index in [1.165, 1.54) is 0 Å². The van der Waals surface area contributed by atoms with Gasteiger partial charge in [0.2, 0.25) is 15.9 Å². The summed E-state index contributed by atoms with van der Waals surface area (Å²) in [4.78, 5) is 13.1. The molecule has 0 spiro atoms. The second kappa shape index (κ2) is 6.16. The van der Waals surface area contributed by atoms with E-state index in [2.05, 4.69) is 10.0 Å². The summed E-state index contributed by atoms with van der Waals surface area (Å²) in [6.07, 6.45) is 0.752. The standard InChI is InChI=1S/C18H18N2O3S2/c1-11-14-10-12(6-7-15(14)19-18(11)21)25(22,23)20-16-8-9-24-17-5-3-2-4-13(16)17/h2-7,10-11,16,20H,8-9H2,1H3,(H,19,21)/t11-,16+/m1/s1. The van der Waals surface area contributed by atoms with Crippen LogP contribution in [0.25, 0.3) is 0 Å². The topological polar surface area (TPSA) is 75.3 Å². The molecule has 130 valence electrons. The van der Waals surface area contributed by atoms with Gasteiger partial charge < -0.3 is 5.32 Å². The van der Waals surface area contributed by atoms with E-state index in [9.17, 15) is 13.2 Å². The highest BCUT2D eigenvalue weighted by molar-refractivity contribution is 7.99. The Labute approximate surface area is 151 Å². The van der Waals surface area contributed by atoms with Gasteiger partial charge in [-0.2, -0.15) is 0 Å². The number of carbonyl (C=O) groups is 1. The Morgan fingerprint density at radius 2 is 1.96 bits per heavy atom. The molecule has 0 radical (unpaired) electrons. The number of carbonyl (C=O) groups excluding carboxylic acids is 1. The molecule has 0 saturated carbocycles. The number of benzene rings is 2. The monoisotopic (exact) mass is 374 g/mol. The van der Waals surface area contributed by atoms with Gasteiger partial charge in [-0.05, 0) is 54.5 Å². The lowest BCUT2D eigenvalue weighted by Crippen LogP contribution is -2.30. The van der Waals surface area contributed by atoms with Crippen molar-refractivity contribution in [3.8, 4) is 0 Å². The number of thioether (sulfide) groups is 1. The second-order valence-electron chi connectivity index (χ2n) is 6.31. The Bertz CT molecular complexity index is 957. The minimum atomic E-state index is -3.66. The SMILES string of the molecule is C[C@H]1C(=O)Nc2ccc(S(=O)(=O)N[C@H]3CCSc4ccccc43)cc21.